The molecular weight excluding hydrogens is 376 g/mol. The Bertz CT molecular complexity index is 1020. The first kappa shape index (κ1) is 17.0. The van der Waals surface area contributed by atoms with Gasteiger partial charge in [0.15, 0.2) is 5.82 Å². The number of aromatic amines is 1. The molecule has 3 aromatic heterocycles. The third kappa shape index (κ3) is 3.31. The van der Waals surface area contributed by atoms with Gasteiger partial charge in [0.1, 0.15) is 4.83 Å². The van der Waals surface area contributed by atoms with Crippen LogP contribution in [0, 0.1) is 0 Å². The highest BCUT2D eigenvalue weighted by Gasteiger charge is 2.20. The summed E-state index contributed by atoms with van der Waals surface area (Å²) >= 11 is 9.65. The molecule has 1 aliphatic rings. The maximum atomic E-state index is 12.6. The quantitative estimate of drug-likeness (QED) is 0.693. The molecule has 7 heteroatoms. The summed E-state index contributed by atoms with van der Waals surface area (Å²) in [4.78, 5) is 23.2. The van der Waals surface area contributed by atoms with E-state index in [4.69, 9.17) is 16.3 Å². The summed E-state index contributed by atoms with van der Waals surface area (Å²) < 4.78 is 5.13. The van der Waals surface area contributed by atoms with Gasteiger partial charge >= 0.3 is 0 Å². The van der Waals surface area contributed by atoms with E-state index in [9.17, 15) is 4.79 Å². The average Bonchev–Trinajstić information content (AvgIpc) is 3.19. The van der Waals surface area contributed by atoms with Crippen molar-refractivity contribution in [3.63, 3.8) is 0 Å². The Morgan fingerprint density at radius 2 is 2.28 bits per heavy atom. The van der Waals surface area contributed by atoms with Crippen LogP contribution in [0.15, 0.2) is 16.2 Å². The molecule has 0 spiro atoms. The largest absolute Gasteiger partial charge is 0.380 e. The molecule has 0 saturated carbocycles. The van der Waals surface area contributed by atoms with Crippen LogP contribution in [0.4, 0.5) is 0 Å². The van der Waals surface area contributed by atoms with Crippen LogP contribution in [0.5, 0.6) is 0 Å². The van der Waals surface area contributed by atoms with E-state index < -0.39 is 0 Å². The lowest BCUT2D eigenvalue weighted by molar-refractivity contribution is 0.185. The van der Waals surface area contributed by atoms with Crippen molar-refractivity contribution in [2.45, 2.75) is 32.3 Å². The van der Waals surface area contributed by atoms with Gasteiger partial charge in [-0.15, -0.1) is 22.7 Å². The first-order valence-corrected chi connectivity index (χ1v) is 10.2. The Labute approximate surface area is 158 Å². The molecule has 4 nitrogen and oxygen atoms in total. The summed E-state index contributed by atoms with van der Waals surface area (Å²) in [6.45, 7) is 0.573. The number of nitrogens with one attached hydrogen (secondary N) is 1. The van der Waals surface area contributed by atoms with E-state index in [-0.39, 0.29) is 5.56 Å². The molecule has 0 amide bonds. The molecule has 4 rings (SSSR count). The molecule has 130 valence electrons. The Morgan fingerprint density at radius 1 is 1.44 bits per heavy atom. The predicted octanol–water partition coefficient (Wildman–Crippen LogP) is 4.81. The van der Waals surface area contributed by atoms with Crippen molar-refractivity contribution in [1.82, 2.24) is 9.97 Å². The summed E-state index contributed by atoms with van der Waals surface area (Å²) in [6, 6.07) is 2.02. The van der Waals surface area contributed by atoms with E-state index >= 15 is 0 Å². The smallest absolute Gasteiger partial charge is 0.260 e. The first-order chi connectivity index (χ1) is 12.2. The number of hydrogen-bond donors (Lipinski definition) is 1. The van der Waals surface area contributed by atoms with E-state index in [2.05, 4.69) is 9.97 Å². The number of ether oxygens (including phenoxy) is 1. The zero-order chi connectivity index (χ0) is 17.4. The molecule has 0 saturated heterocycles. The van der Waals surface area contributed by atoms with Crippen molar-refractivity contribution in [2.75, 3.05) is 7.11 Å². The molecule has 0 bridgehead atoms. The standard InChI is InChI=1S/C18H17ClN2O2S2/c1-23-8-10-6-11(24-9-10)7-13(19)16-20-17(22)15-12-4-2-3-5-14(12)25-18(15)21-16/h6-7,9H,2-5,8H2,1H3,(H,20,21,22)/b13-7-. The lowest BCUT2D eigenvalue weighted by Gasteiger charge is -2.09. The maximum absolute atomic E-state index is 12.6. The van der Waals surface area contributed by atoms with Gasteiger partial charge in [-0.3, -0.25) is 4.79 Å². The monoisotopic (exact) mass is 392 g/mol. The van der Waals surface area contributed by atoms with Crippen LogP contribution in [0.25, 0.3) is 21.3 Å². The number of H-pyrrole nitrogens is 1. The van der Waals surface area contributed by atoms with Gasteiger partial charge in [0, 0.05) is 16.9 Å². The number of halogens is 1. The number of thiophene rings is 2. The van der Waals surface area contributed by atoms with E-state index in [0.29, 0.717) is 17.5 Å². The number of nitrogens with zero attached hydrogens (tertiary/aromatic N) is 1. The predicted molar refractivity (Wildman–Crippen MR) is 106 cm³/mol. The summed E-state index contributed by atoms with van der Waals surface area (Å²) in [6.07, 6.45) is 6.19. The van der Waals surface area contributed by atoms with Crippen LogP contribution < -0.4 is 5.56 Å². The van der Waals surface area contributed by atoms with Gasteiger partial charge < -0.3 is 9.72 Å². The zero-order valence-corrected chi connectivity index (χ0v) is 16.1. The van der Waals surface area contributed by atoms with Gasteiger partial charge in [0.2, 0.25) is 0 Å². The van der Waals surface area contributed by atoms with Crippen LogP contribution in [0.2, 0.25) is 0 Å². The highest BCUT2D eigenvalue weighted by Crippen LogP contribution is 2.34. The third-order valence-corrected chi connectivity index (χ3v) is 6.71. The second-order valence-corrected chi connectivity index (χ2v) is 8.52. The molecular formula is C18H17ClN2O2S2. The van der Waals surface area contributed by atoms with Crippen molar-refractivity contribution in [2.24, 2.45) is 0 Å². The van der Waals surface area contributed by atoms with Crippen LogP contribution in [-0.2, 0) is 24.2 Å². The van der Waals surface area contributed by atoms with Gasteiger partial charge in [0.25, 0.3) is 5.56 Å². The number of aromatic nitrogens is 2. The number of methoxy groups -OCH3 is 1. The topological polar surface area (TPSA) is 55.0 Å². The molecule has 0 aromatic carbocycles. The van der Waals surface area contributed by atoms with Crippen LogP contribution >= 0.6 is 34.3 Å². The van der Waals surface area contributed by atoms with Crippen molar-refractivity contribution in [3.8, 4) is 0 Å². The molecule has 1 N–H and O–H groups in total. The highest BCUT2D eigenvalue weighted by atomic mass is 35.5. The SMILES string of the molecule is COCc1csc(/C=C(\Cl)c2nc3sc4c(c3c(=O)[nH]2)CCCC4)c1. The van der Waals surface area contributed by atoms with Crippen molar-refractivity contribution in [3.05, 3.63) is 48.5 Å². The first-order valence-electron chi connectivity index (χ1n) is 8.14. The zero-order valence-electron chi connectivity index (χ0n) is 13.7. The van der Waals surface area contributed by atoms with Gasteiger partial charge in [-0.05, 0) is 54.3 Å². The Kier molecular flexibility index (Phi) is 4.78. The second kappa shape index (κ2) is 7.03. The second-order valence-electron chi connectivity index (χ2n) is 6.09. The molecule has 3 aromatic rings. The number of hydrogen-bond acceptors (Lipinski definition) is 5. The normalized spacial score (nSPS) is 14.9. The minimum absolute atomic E-state index is 0.0859. The fourth-order valence-electron chi connectivity index (χ4n) is 3.18. The van der Waals surface area contributed by atoms with Crippen molar-refractivity contribution < 1.29 is 4.74 Å². The summed E-state index contributed by atoms with van der Waals surface area (Å²) in [5, 5.41) is 3.23. The van der Waals surface area contributed by atoms with Crippen LogP contribution in [0.1, 0.15) is 39.5 Å². The van der Waals surface area contributed by atoms with E-state index in [1.165, 1.54) is 16.9 Å². The molecule has 1 aliphatic carbocycles. The number of rotatable bonds is 4. The summed E-state index contributed by atoms with van der Waals surface area (Å²) in [5.41, 5.74) is 2.21. The van der Waals surface area contributed by atoms with Crippen LogP contribution in [-0.4, -0.2) is 17.1 Å². The number of fused-ring (bicyclic) bond motifs is 3. The molecule has 25 heavy (non-hydrogen) atoms. The molecule has 3 heterocycles. The molecule has 0 fully saturated rings. The number of aryl methyl sites for hydroxylation is 2. The van der Waals surface area contributed by atoms with Crippen molar-refractivity contribution in [1.29, 1.82) is 0 Å². The average molecular weight is 393 g/mol. The molecule has 0 radical (unpaired) electrons. The minimum atomic E-state index is -0.0859. The van der Waals surface area contributed by atoms with Crippen LogP contribution in [0.3, 0.4) is 0 Å². The molecule has 0 unspecified atom stereocenters. The summed E-state index contributed by atoms with van der Waals surface area (Å²) in [7, 11) is 1.67. The fraction of sp³-hybridized carbons (Fsp3) is 0.333. The van der Waals surface area contributed by atoms with Gasteiger partial charge in [0.05, 0.1) is 17.0 Å². The lowest BCUT2D eigenvalue weighted by Crippen LogP contribution is -2.12. The van der Waals surface area contributed by atoms with E-state index in [1.807, 2.05) is 17.5 Å². The highest BCUT2D eigenvalue weighted by molar-refractivity contribution is 7.18. The fourth-order valence-corrected chi connectivity index (χ4v) is 5.55. The maximum Gasteiger partial charge on any atom is 0.260 e. The Hall–Kier alpha value is -1.47. The summed E-state index contributed by atoms with van der Waals surface area (Å²) in [5.74, 6) is 0.430. The van der Waals surface area contributed by atoms with E-state index in [1.54, 1.807) is 29.8 Å². The van der Waals surface area contributed by atoms with Crippen molar-refractivity contribution >= 4 is 55.6 Å². The lowest BCUT2D eigenvalue weighted by atomic mass is 9.97. The molecule has 0 aliphatic heterocycles. The Balaban J connectivity index is 1.73. The Morgan fingerprint density at radius 3 is 3.12 bits per heavy atom. The minimum Gasteiger partial charge on any atom is -0.380 e. The third-order valence-electron chi connectivity index (χ3n) is 4.31. The molecule has 0 atom stereocenters. The van der Waals surface area contributed by atoms with Gasteiger partial charge in [-0.2, -0.15) is 0 Å². The van der Waals surface area contributed by atoms with E-state index in [0.717, 1.165) is 39.9 Å². The van der Waals surface area contributed by atoms with Gasteiger partial charge in [-0.25, -0.2) is 4.98 Å². The van der Waals surface area contributed by atoms with Gasteiger partial charge in [-0.1, -0.05) is 11.6 Å².